The fourth-order valence-electron chi connectivity index (χ4n) is 6.97. The fraction of sp³-hybridized carbons (Fsp3) is 0.655. The van der Waals surface area contributed by atoms with E-state index >= 15 is 0 Å². The number of unbranched alkanes of at least 4 members (excludes halogenated alkanes) is 18. The summed E-state index contributed by atoms with van der Waals surface area (Å²) in [4.78, 5) is 33.8. The lowest BCUT2D eigenvalue weighted by Crippen LogP contribution is -2.34. The number of allylic oxidation sites excluding steroid dienone is 18. The van der Waals surface area contributed by atoms with Crippen molar-refractivity contribution in [1.29, 1.82) is 0 Å². The minimum absolute atomic E-state index is 0.00342. The molecule has 0 aromatic rings. The Kier molecular flexibility index (Phi) is 49.9. The zero-order chi connectivity index (χ0) is 50.4. The molecule has 3 unspecified atom stereocenters. The third-order valence-electron chi connectivity index (χ3n) is 11.0. The Balaban J connectivity index is 4.17. The molecule has 0 aliphatic carbocycles. The van der Waals surface area contributed by atoms with Gasteiger partial charge < -0.3 is 25.2 Å². The number of nitrogens with two attached hydrogens (primary N) is 1. The van der Waals surface area contributed by atoms with E-state index in [-0.39, 0.29) is 13.0 Å². The van der Waals surface area contributed by atoms with Crippen molar-refractivity contribution in [3.8, 4) is 0 Å². The van der Waals surface area contributed by atoms with E-state index in [0.717, 1.165) is 103 Å². The van der Waals surface area contributed by atoms with Gasteiger partial charge in [-0.3, -0.25) is 18.6 Å². The first kappa shape index (κ1) is 65.6. The van der Waals surface area contributed by atoms with Crippen molar-refractivity contribution in [2.75, 3.05) is 26.4 Å². The Labute approximate surface area is 421 Å². The number of carboxylic acid groups (broad SMARTS) is 1. The smallest absolute Gasteiger partial charge is 0.472 e. The van der Waals surface area contributed by atoms with Gasteiger partial charge >= 0.3 is 19.8 Å². The Morgan fingerprint density at radius 2 is 0.797 bits per heavy atom. The first-order valence-corrected chi connectivity index (χ1v) is 28.4. The highest BCUT2D eigenvalue weighted by Crippen LogP contribution is 2.43. The van der Waals surface area contributed by atoms with Crippen LogP contribution in [0.25, 0.3) is 0 Å². The van der Waals surface area contributed by atoms with Crippen LogP contribution in [0.3, 0.4) is 0 Å². The van der Waals surface area contributed by atoms with Gasteiger partial charge in [-0.05, 0) is 96.3 Å². The lowest BCUT2D eigenvalue weighted by atomic mass is 10.1. The summed E-state index contributed by atoms with van der Waals surface area (Å²) < 4.78 is 33.6. The van der Waals surface area contributed by atoms with Gasteiger partial charge in [0.25, 0.3) is 0 Å². The number of phosphoric acid groups is 1. The first-order valence-electron chi connectivity index (χ1n) is 26.9. The van der Waals surface area contributed by atoms with E-state index in [2.05, 4.69) is 123 Å². The van der Waals surface area contributed by atoms with Crippen molar-refractivity contribution in [2.45, 2.75) is 219 Å². The van der Waals surface area contributed by atoms with Crippen molar-refractivity contribution in [1.82, 2.24) is 0 Å². The molecule has 0 radical (unpaired) electrons. The van der Waals surface area contributed by atoms with E-state index < -0.39 is 45.1 Å². The summed E-state index contributed by atoms with van der Waals surface area (Å²) >= 11 is 0. The zero-order valence-corrected chi connectivity index (χ0v) is 44.3. The Morgan fingerprint density at radius 3 is 1.19 bits per heavy atom. The summed E-state index contributed by atoms with van der Waals surface area (Å²) in [5.41, 5.74) is 5.38. The molecular weight excluding hydrogens is 886 g/mol. The highest BCUT2D eigenvalue weighted by molar-refractivity contribution is 7.47. The maximum atomic E-state index is 12.7. The van der Waals surface area contributed by atoms with Crippen LogP contribution in [0.2, 0.25) is 0 Å². The van der Waals surface area contributed by atoms with Crippen molar-refractivity contribution >= 4 is 19.8 Å². The van der Waals surface area contributed by atoms with Crippen LogP contribution in [0.5, 0.6) is 0 Å². The number of carbonyl (C=O) groups excluding carboxylic acids is 1. The van der Waals surface area contributed by atoms with Crippen LogP contribution in [-0.2, 0) is 32.7 Å². The predicted octanol–water partition coefficient (Wildman–Crippen LogP) is 16.2. The van der Waals surface area contributed by atoms with E-state index in [1.807, 2.05) is 0 Å². The normalized spacial score (nSPS) is 14.5. The second kappa shape index (κ2) is 52.5. The summed E-state index contributed by atoms with van der Waals surface area (Å²) in [6.45, 7) is 3.64. The SMILES string of the molecule is CC/C=C\C/C=C\C/C=C\C/C=C\C/C=C\CCCCCCCCCC(=O)OC(COCCCCCCCCCCCCC/C=C\C/C=C\C/C=C\C/C=C\CC)COP(=O)(O)OCC(N)C(=O)O. The van der Waals surface area contributed by atoms with Crippen LogP contribution in [0.1, 0.15) is 206 Å². The molecule has 11 heteroatoms. The Hall–Kier alpha value is -3.37. The molecule has 0 fully saturated rings. The van der Waals surface area contributed by atoms with Crippen LogP contribution >= 0.6 is 7.82 Å². The number of phosphoric ester groups is 1. The van der Waals surface area contributed by atoms with E-state index in [1.165, 1.54) is 77.0 Å². The molecule has 4 N–H and O–H groups in total. The van der Waals surface area contributed by atoms with Gasteiger partial charge in [0.05, 0.1) is 19.8 Å². The predicted molar refractivity (Wildman–Crippen MR) is 290 cm³/mol. The number of hydrogen-bond acceptors (Lipinski definition) is 8. The number of esters is 1. The van der Waals surface area contributed by atoms with E-state index in [9.17, 15) is 19.0 Å². The third-order valence-corrected chi connectivity index (χ3v) is 12.0. The largest absolute Gasteiger partial charge is 0.480 e. The first-order chi connectivity index (χ1) is 33.7. The van der Waals surface area contributed by atoms with Gasteiger partial charge in [0, 0.05) is 13.0 Å². The Morgan fingerprint density at radius 1 is 0.464 bits per heavy atom. The lowest BCUT2D eigenvalue weighted by molar-refractivity contribution is -0.154. The molecule has 0 rings (SSSR count). The maximum Gasteiger partial charge on any atom is 0.472 e. The molecule has 3 atom stereocenters. The summed E-state index contributed by atoms with van der Waals surface area (Å²) in [7, 11) is -4.64. The van der Waals surface area contributed by atoms with Crippen LogP contribution in [-0.4, -0.2) is 60.5 Å². The highest BCUT2D eigenvalue weighted by atomic mass is 31.2. The summed E-state index contributed by atoms with van der Waals surface area (Å²) in [5, 5.41) is 8.95. The monoisotopic (exact) mass is 984 g/mol. The van der Waals surface area contributed by atoms with Gasteiger partial charge in [-0.25, -0.2) is 4.57 Å². The van der Waals surface area contributed by atoms with Gasteiger partial charge in [-0.2, -0.15) is 0 Å². The molecule has 0 spiro atoms. The number of hydrogen-bond donors (Lipinski definition) is 3. The van der Waals surface area contributed by atoms with Crippen LogP contribution in [0.4, 0.5) is 0 Å². The van der Waals surface area contributed by atoms with Gasteiger partial charge in [-0.15, -0.1) is 0 Å². The molecule has 0 heterocycles. The molecule has 0 aliphatic heterocycles. The van der Waals surface area contributed by atoms with E-state index in [1.54, 1.807) is 0 Å². The number of carbonyl (C=O) groups is 2. The maximum absolute atomic E-state index is 12.7. The zero-order valence-electron chi connectivity index (χ0n) is 43.4. The molecular formula is C58H98NO9P. The molecule has 0 amide bonds. The molecule has 0 aliphatic rings. The molecule has 69 heavy (non-hydrogen) atoms. The van der Waals surface area contributed by atoms with E-state index in [4.69, 9.17) is 29.4 Å². The number of rotatable bonds is 50. The summed E-state index contributed by atoms with van der Waals surface area (Å²) in [6, 6.07) is -1.48. The topological polar surface area (TPSA) is 155 Å². The standard InChI is InChI=1S/C58H98NO9P/c1-3-5-7-9-11-13-15-17-19-21-23-25-27-29-31-33-35-37-39-41-43-45-47-49-51-65-52-55(53-66-69(63,64)67-54-56(59)58(61)62)68-57(60)50-48-46-44-42-40-38-36-34-32-30-28-26-24-22-20-18-16-14-12-10-8-6-4-2/h5-8,11-14,17-20,23-26,30,32,55-56H,3-4,9-10,15-16,21-22,27-29,31,33-54,59H2,1-2H3,(H,61,62)(H,63,64)/b7-5-,8-6-,13-11-,14-12-,19-17-,20-18-,25-23-,26-24-,32-30-. The molecule has 0 bridgehead atoms. The lowest BCUT2D eigenvalue weighted by Gasteiger charge is -2.20. The molecule has 10 nitrogen and oxygen atoms in total. The second-order valence-electron chi connectivity index (χ2n) is 17.6. The fourth-order valence-corrected chi connectivity index (χ4v) is 7.75. The van der Waals surface area contributed by atoms with Crippen molar-refractivity contribution in [3.63, 3.8) is 0 Å². The Bertz CT molecular complexity index is 1510. The van der Waals surface area contributed by atoms with Gasteiger partial charge in [-0.1, -0.05) is 213 Å². The third kappa shape index (κ3) is 52.3. The highest BCUT2D eigenvalue weighted by Gasteiger charge is 2.27. The average molecular weight is 984 g/mol. The van der Waals surface area contributed by atoms with Crippen LogP contribution < -0.4 is 5.73 Å². The van der Waals surface area contributed by atoms with Gasteiger partial charge in [0.15, 0.2) is 0 Å². The van der Waals surface area contributed by atoms with Crippen molar-refractivity contribution in [2.24, 2.45) is 5.73 Å². The summed E-state index contributed by atoms with van der Waals surface area (Å²) in [6.07, 6.45) is 71.4. The molecule has 0 aromatic heterocycles. The molecule has 394 valence electrons. The quantitative estimate of drug-likeness (QED) is 0.0232. The van der Waals surface area contributed by atoms with Crippen molar-refractivity contribution < 1.29 is 42.7 Å². The van der Waals surface area contributed by atoms with Crippen LogP contribution in [0, 0.1) is 0 Å². The minimum Gasteiger partial charge on any atom is -0.480 e. The molecule has 0 saturated heterocycles. The molecule has 0 saturated carbocycles. The molecule has 0 aromatic carbocycles. The number of aliphatic carboxylic acids is 1. The number of ether oxygens (including phenoxy) is 2. The van der Waals surface area contributed by atoms with Crippen molar-refractivity contribution in [3.05, 3.63) is 109 Å². The second-order valence-corrected chi connectivity index (χ2v) is 19.0. The summed E-state index contributed by atoms with van der Waals surface area (Å²) in [5.74, 6) is -1.80. The van der Waals surface area contributed by atoms with Gasteiger partial charge in [0.2, 0.25) is 0 Å². The van der Waals surface area contributed by atoms with E-state index in [0.29, 0.717) is 13.0 Å². The minimum atomic E-state index is -4.64. The van der Waals surface area contributed by atoms with Crippen LogP contribution in [0.15, 0.2) is 109 Å². The average Bonchev–Trinajstić information content (AvgIpc) is 3.33. The van der Waals surface area contributed by atoms with Gasteiger partial charge in [0.1, 0.15) is 12.1 Å². The number of carboxylic acids is 1.